The summed E-state index contributed by atoms with van der Waals surface area (Å²) < 4.78 is 16.5. The number of hydrazine groups is 1. The number of rotatable bonds is 7. The molecule has 2 heterocycles. The van der Waals surface area contributed by atoms with Crippen molar-refractivity contribution in [1.29, 1.82) is 0 Å². The Morgan fingerprint density at radius 2 is 1.82 bits per heavy atom. The van der Waals surface area contributed by atoms with E-state index in [1.165, 1.54) is 6.08 Å². The summed E-state index contributed by atoms with van der Waals surface area (Å²) >= 11 is 13.5. The van der Waals surface area contributed by atoms with Gasteiger partial charge < -0.3 is 24.4 Å². The third-order valence-corrected chi connectivity index (χ3v) is 8.74. The van der Waals surface area contributed by atoms with Gasteiger partial charge in [-0.05, 0) is 60.9 Å². The minimum Gasteiger partial charge on any atom is -0.495 e. The van der Waals surface area contributed by atoms with Crippen LogP contribution in [0, 0.1) is 5.92 Å². The molecule has 2 aromatic carbocycles. The summed E-state index contributed by atoms with van der Waals surface area (Å²) in [6, 6.07) is 8.18. The number of benzene rings is 2. The van der Waals surface area contributed by atoms with Crippen molar-refractivity contribution in [3.63, 3.8) is 0 Å². The standard InChI is InChI=1S/C28H34Cl2N4O4/c1-4-24(35)31-20-8-6-17(34-9-11-38-12-10-34)14-19(20)28-18-7-5-16(13-21(18)32-33-28)25-26(29)22(36-2)15-23(37-3)27(25)30/h4,6,8,14-16,18,21,28,32-33H,1,5,7,9-13H2,2-3H3,(H,31,35)/t16-,18?,21?,28?/m0/s1. The first-order valence-electron chi connectivity index (χ1n) is 13.0. The first kappa shape index (κ1) is 27.1. The van der Waals surface area contributed by atoms with Crippen molar-refractivity contribution >= 4 is 40.5 Å². The second kappa shape index (κ2) is 11.7. The fraction of sp³-hybridized carbons (Fsp3) is 0.464. The van der Waals surface area contributed by atoms with Gasteiger partial charge in [-0.15, -0.1) is 0 Å². The molecule has 38 heavy (non-hydrogen) atoms. The van der Waals surface area contributed by atoms with Gasteiger partial charge in [-0.3, -0.25) is 10.2 Å². The van der Waals surface area contributed by atoms with Gasteiger partial charge in [0.05, 0.1) is 43.5 Å². The van der Waals surface area contributed by atoms with E-state index in [0.717, 1.165) is 54.9 Å². The molecule has 204 valence electrons. The summed E-state index contributed by atoms with van der Waals surface area (Å²) in [5, 5.41) is 4.08. The zero-order valence-electron chi connectivity index (χ0n) is 21.7. The van der Waals surface area contributed by atoms with E-state index in [-0.39, 0.29) is 23.9 Å². The zero-order valence-corrected chi connectivity index (χ0v) is 23.2. The van der Waals surface area contributed by atoms with Crippen LogP contribution in [0.3, 0.4) is 0 Å². The molecule has 8 nitrogen and oxygen atoms in total. The van der Waals surface area contributed by atoms with Crippen molar-refractivity contribution in [2.75, 3.05) is 50.7 Å². The van der Waals surface area contributed by atoms with Gasteiger partial charge in [-0.25, -0.2) is 5.43 Å². The first-order chi connectivity index (χ1) is 18.4. The molecule has 0 spiro atoms. The summed E-state index contributed by atoms with van der Waals surface area (Å²) in [6.07, 6.45) is 4.00. The number of halogens is 2. The van der Waals surface area contributed by atoms with E-state index in [1.54, 1.807) is 20.3 Å². The fourth-order valence-corrected chi connectivity index (χ4v) is 6.83. The number of carbonyl (C=O) groups is 1. The Hall–Kier alpha value is -2.49. The number of nitrogens with one attached hydrogen (secondary N) is 3. The summed E-state index contributed by atoms with van der Waals surface area (Å²) in [7, 11) is 3.19. The highest BCUT2D eigenvalue weighted by atomic mass is 35.5. The number of methoxy groups -OCH3 is 2. The maximum Gasteiger partial charge on any atom is 0.247 e. The number of morpholine rings is 1. The van der Waals surface area contributed by atoms with Gasteiger partial charge in [-0.2, -0.15) is 0 Å². The van der Waals surface area contributed by atoms with Crippen LogP contribution in [0.4, 0.5) is 11.4 Å². The van der Waals surface area contributed by atoms with Crippen LogP contribution in [0.5, 0.6) is 11.5 Å². The van der Waals surface area contributed by atoms with Crippen LogP contribution >= 0.6 is 23.2 Å². The number of carbonyl (C=O) groups excluding carboxylic acids is 1. The molecule has 0 radical (unpaired) electrons. The summed E-state index contributed by atoms with van der Waals surface area (Å²) in [4.78, 5) is 14.6. The maximum absolute atomic E-state index is 12.2. The lowest BCUT2D eigenvalue weighted by Gasteiger charge is -2.35. The van der Waals surface area contributed by atoms with Crippen LogP contribution in [-0.2, 0) is 9.53 Å². The van der Waals surface area contributed by atoms with Gasteiger partial charge >= 0.3 is 0 Å². The number of ether oxygens (including phenoxy) is 3. The average Bonchev–Trinajstić information content (AvgIpc) is 3.37. The Morgan fingerprint density at radius 3 is 2.47 bits per heavy atom. The van der Waals surface area contributed by atoms with E-state index in [9.17, 15) is 4.79 Å². The van der Waals surface area contributed by atoms with Crippen LogP contribution in [0.15, 0.2) is 36.9 Å². The third kappa shape index (κ3) is 5.20. The van der Waals surface area contributed by atoms with Crippen LogP contribution < -0.4 is 30.5 Å². The lowest BCUT2D eigenvalue weighted by molar-refractivity contribution is -0.111. The van der Waals surface area contributed by atoms with E-state index < -0.39 is 0 Å². The number of fused-ring (bicyclic) bond motifs is 1. The monoisotopic (exact) mass is 560 g/mol. The summed E-state index contributed by atoms with van der Waals surface area (Å²) in [5.74, 6) is 1.35. The van der Waals surface area contributed by atoms with Crippen LogP contribution in [-0.4, -0.2) is 52.5 Å². The molecule has 1 saturated carbocycles. The highest BCUT2D eigenvalue weighted by Crippen LogP contribution is 2.51. The Kier molecular flexibility index (Phi) is 8.35. The highest BCUT2D eigenvalue weighted by Gasteiger charge is 2.43. The topological polar surface area (TPSA) is 84.1 Å². The van der Waals surface area contributed by atoms with Crippen LogP contribution in [0.2, 0.25) is 10.0 Å². The van der Waals surface area contributed by atoms with E-state index >= 15 is 0 Å². The quantitative estimate of drug-likeness (QED) is 0.407. The molecule has 2 aliphatic heterocycles. The van der Waals surface area contributed by atoms with Crippen molar-refractivity contribution in [3.05, 3.63) is 58.1 Å². The molecule has 1 aliphatic carbocycles. The Labute approximate surface area is 233 Å². The van der Waals surface area contributed by atoms with E-state index in [4.69, 9.17) is 37.4 Å². The molecule has 5 rings (SSSR count). The molecule has 0 aromatic heterocycles. The van der Waals surface area contributed by atoms with Crippen molar-refractivity contribution in [2.24, 2.45) is 5.92 Å². The van der Waals surface area contributed by atoms with E-state index in [0.29, 0.717) is 40.7 Å². The third-order valence-electron chi connectivity index (χ3n) is 7.96. The second-order valence-electron chi connectivity index (χ2n) is 9.93. The molecule has 2 saturated heterocycles. The second-order valence-corrected chi connectivity index (χ2v) is 10.7. The normalized spacial score (nSPS) is 25.0. The Balaban J connectivity index is 1.42. The molecule has 4 atom stereocenters. The molecule has 3 unspecified atom stereocenters. The number of anilines is 2. The predicted molar refractivity (Wildman–Crippen MR) is 151 cm³/mol. The van der Waals surface area contributed by atoms with Gasteiger partial charge in [0.1, 0.15) is 11.5 Å². The molecular formula is C28H34Cl2N4O4. The Bertz CT molecular complexity index is 1180. The lowest BCUT2D eigenvalue weighted by Crippen LogP contribution is -2.36. The maximum atomic E-state index is 12.2. The summed E-state index contributed by atoms with van der Waals surface area (Å²) in [6.45, 7) is 6.71. The van der Waals surface area contributed by atoms with E-state index in [2.05, 4.69) is 39.8 Å². The predicted octanol–water partition coefficient (Wildman–Crippen LogP) is 5.07. The van der Waals surface area contributed by atoms with Crippen molar-refractivity contribution in [2.45, 2.75) is 37.3 Å². The smallest absolute Gasteiger partial charge is 0.247 e. The largest absolute Gasteiger partial charge is 0.495 e. The minimum absolute atomic E-state index is 0.0212. The molecule has 0 bridgehead atoms. The zero-order chi connectivity index (χ0) is 26.8. The average molecular weight is 562 g/mol. The van der Waals surface area contributed by atoms with Gasteiger partial charge in [0.2, 0.25) is 5.91 Å². The van der Waals surface area contributed by atoms with Crippen molar-refractivity contribution in [1.82, 2.24) is 10.9 Å². The SMILES string of the molecule is C=CC(=O)Nc1ccc(N2CCOCC2)cc1C1NNC2C[C@@H](c3c(Cl)c(OC)cc(OC)c3Cl)CCC21. The molecule has 2 aromatic rings. The fourth-order valence-electron chi connectivity index (χ4n) is 6.02. The molecule has 3 aliphatic rings. The van der Waals surface area contributed by atoms with Gasteiger partial charge in [0, 0.05) is 42.1 Å². The van der Waals surface area contributed by atoms with Crippen LogP contribution in [0.25, 0.3) is 0 Å². The molecule has 10 heteroatoms. The molecule has 3 fully saturated rings. The first-order valence-corrected chi connectivity index (χ1v) is 13.7. The van der Waals surface area contributed by atoms with Gasteiger partial charge in [0.15, 0.2) is 0 Å². The Morgan fingerprint density at radius 1 is 1.11 bits per heavy atom. The number of hydrogen-bond acceptors (Lipinski definition) is 7. The molecular weight excluding hydrogens is 527 g/mol. The summed E-state index contributed by atoms with van der Waals surface area (Å²) in [5.41, 5.74) is 10.9. The molecule has 1 amide bonds. The number of hydrogen-bond donors (Lipinski definition) is 3. The highest BCUT2D eigenvalue weighted by molar-refractivity contribution is 6.38. The number of amides is 1. The van der Waals surface area contributed by atoms with Crippen LogP contribution in [0.1, 0.15) is 42.3 Å². The lowest BCUT2D eigenvalue weighted by atomic mass is 9.72. The number of nitrogens with zero attached hydrogens (tertiary/aromatic N) is 1. The minimum atomic E-state index is -0.229. The van der Waals surface area contributed by atoms with Gasteiger partial charge in [0.25, 0.3) is 0 Å². The molecule has 3 N–H and O–H groups in total. The van der Waals surface area contributed by atoms with Crippen molar-refractivity contribution < 1.29 is 19.0 Å². The van der Waals surface area contributed by atoms with E-state index in [1.807, 2.05) is 6.07 Å². The van der Waals surface area contributed by atoms with Gasteiger partial charge in [-0.1, -0.05) is 29.8 Å². The van der Waals surface area contributed by atoms with Crippen molar-refractivity contribution in [3.8, 4) is 11.5 Å².